The fraction of sp³-hybridized carbons (Fsp3) is 0.429. The Morgan fingerprint density at radius 1 is 1.35 bits per heavy atom. The van der Waals surface area contributed by atoms with Crippen LogP contribution in [-0.4, -0.2) is 57.6 Å². The minimum Gasteiger partial charge on any atom is -0.490 e. The molecule has 2 aliphatic rings. The zero-order chi connectivity index (χ0) is 26.4. The van der Waals surface area contributed by atoms with Gasteiger partial charge < -0.3 is 20.1 Å². The van der Waals surface area contributed by atoms with Crippen LogP contribution in [-0.2, 0) is 0 Å². The summed E-state index contributed by atoms with van der Waals surface area (Å²) in [6.07, 6.45) is 9.90. The first-order chi connectivity index (χ1) is 17.8. The molecular weight excluding hydrogens is 486 g/mol. The van der Waals surface area contributed by atoms with Gasteiger partial charge in [0.05, 0.1) is 23.8 Å². The molecule has 1 saturated carbocycles. The third kappa shape index (κ3) is 6.85. The van der Waals surface area contributed by atoms with Crippen molar-refractivity contribution in [2.45, 2.75) is 64.2 Å². The summed E-state index contributed by atoms with van der Waals surface area (Å²) >= 11 is 1.41. The summed E-state index contributed by atoms with van der Waals surface area (Å²) in [5.41, 5.74) is 3.19. The van der Waals surface area contributed by atoms with E-state index in [2.05, 4.69) is 28.2 Å². The van der Waals surface area contributed by atoms with Gasteiger partial charge in [0.1, 0.15) is 21.8 Å². The van der Waals surface area contributed by atoms with Crippen LogP contribution in [0.5, 0.6) is 5.75 Å². The van der Waals surface area contributed by atoms with E-state index in [0.717, 1.165) is 43.2 Å². The number of nitrogens with zero attached hydrogens (tertiary/aromatic N) is 4. The number of rotatable bonds is 7. The first-order valence-corrected chi connectivity index (χ1v) is 13.5. The number of benzene rings is 1. The number of ether oxygens (including phenoxy) is 1. The second-order valence-electron chi connectivity index (χ2n) is 9.66. The van der Waals surface area contributed by atoms with Gasteiger partial charge in [0, 0.05) is 24.2 Å². The second kappa shape index (κ2) is 12.2. The van der Waals surface area contributed by atoms with Crippen LogP contribution in [0.2, 0.25) is 0 Å². The van der Waals surface area contributed by atoms with Gasteiger partial charge in [-0.1, -0.05) is 36.1 Å². The molecule has 0 unspecified atom stereocenters. The van der Waals surface area contributed by atoms with Crippen LogP contribution in [0.3, 0.4) is 0 Å². The molecule has 8 nitrogen and oxygen atoms in total. The second-order valence-corrected chi connectivity index (χ2v) is 10.6. The number of hydrogen-bond donors (Lipinski definition) is 2. The van der Waals surface area contributed by atoms with Crippen molar-refractivity contribution in [3.05, 3.63) is 59.2 Å². The van der Waals surface area contributed by atoms with Gasteiger partial charge >= 0.3 is 6.03 Å². The Hall–Kier alpha value is -3.48. The predicted octanol–water partition coefficient (Wildman–Crippen LogP) is 5.08. The summed E-state index contributed by atoms with van der Waals surface area (Å²) in [7, 11) is 0. The number of carbonyl (C=O) groups excluding carboxylic acids is 1. The van der Waals surface area contributed by atoms with E-state index in [-0.39, 0.29) is 18.2 Å². The fourth-order valence-electron chi connectivity index (χ4n) is 4.55. The third-order valence-electron chi connectivity index (χ3n) is 6.40. The van der Waals surface area contributed by atoms with Gasteiger partial charge in [0.25, 0.3) is 0 Å². The number of likely N-dealkylation sites (tertiary alicyclic amines) is 1. The van der Waals surface area contributed by atoms with Crippen LogP contribution in [0.1, 0.15) is 56.5 Å². The Kier molecular flexibility index (Phi) is 8.74. The average Bonchev–Trinajstić information content (AvgIpc) is 3.54. The molecule has 2 N–H and O–H groups in total. The quantitative estimate of drug-likeness (QED) is 0.494. The molecule has 1 aliphatic heterocycles. The smallest absolute Gasteiger partial charge is 0.317 e. The fourth-order valence-corrected chi connectivity index (χ4v) is 5.34. The number of β-amino-alcohol motifs (C(OH)–C–C–N with tert-alkyl or cyclic N) is 1. The van der Waals surface area contributed by atoms with Gasteiger partial charge in [-0.05, 0) is 69.7 Å². The zero-order valence-corrected chi connectivity index (χ0v) is 22.1. The van der Waals surface area contributed by atoms with Crippen LogP contribution in [0.4, 0.5) is 4.79 Å². The van der Waals surface area contributed by atoms with E-state index in [4.69, 9.17) is 4.74 Å². The molecule has 1 aromatic carbocycles. The van der Waals surface area contributed by atoms with E-state index in [9.17, 15) is 15.2 Å². The number of amides is 2. The van der Waals surface area contributed by atoms with E-state index >= 15 is 0 Å². The van der Waals surface area contributed by atoms with Gasteiger partial charge in [-0.25, -0.2) is 4.79 Å². The molecule has 0 radical (unpaired) electrons. The molecule has 2 heterocycles. The van der Waals surface area contributed by atoms with E-state index < -0.39 is 6.10 Å². The van der Waals surface area contributed by atoms with Crippen LogP contribution in [0.25, 0.3) is 16.1 Å². The maximum Gasteiger partial charge on any atom is 0.317 e. The van der Waals surface area contributed by atoms with E-state index in [1.165, 1.54) is 16.9 Å². The molecule has 1 aromatic heterocycles. The van der Waals surface area contributed by atoms with E-state index in [1.54, 1.807) is 17.0 Å². The van der Waals surface area contributed by atoms with Crippen molar-refractivity contribution in [2.24, 2.45) is 0 Å². The number of aliphatic hydroxyl groups excluding tert-OH is 1. The molecule has 1 saturated heterocycles. The first kappa shape index (κ1) is 26.6. The Morgan fingerprint density at radius 3 is 2.95 bits per heavy atom. The van der Waals surface area contributed by atoms with Crippen molar-refractivity contribution >= 4 is 22.9 Å². The van der Waals surface area contributed by atoms with Crippen LogP contribution >= 0.6 is 11.3 Å². The van der Waals surface area contributed by atoms with Crippen LogP contribution in [0, 0.1) is 11.3 Å². The van der Waals surface area contributed by atoms with Crippen molar-refractivity contribution in [3.8, 4) is 22.4 Å². The number of piperidine rings is 1. The van der Waals surface area contributed by atoms with Crippen molar-refractivity contribution in [2.75, 3.05) is 13.1 Å². The molecule has 2 atom stereocenters. The third-order valence-corrected chi connectivity index (χ3v) is 7.45. The first-order valence-electron chi connectivity index (χ1n) is 12.7. The highest BCUT2D eigenvalue weighted by atomic mass is 32.1. The normalized spacial score (nSPS) is 20.9. The van der Waals surface area contributed by atoms with Crippen molar-refractivity contribution in [1.82, 2.24) is 20.4 Å². The predicted molar refractivity (Wildman–Crippen MR) is 145 cm³/mol. The standard InChI is InChI=1S/C28H33N5O3S/c1-18(2)36-25-13-12-21(15-22(25)16-29)27-32-31-26(37-27)19(3)7-4-8-20-9-5-11-24(20)30-28(35)33-14-6-10-23(34)17-33/h4,7-8,12-13,15,18,23-24,34H,3,5-6,9-11,14,17H2,1-2H3,(H,30,35)/b7-4-,20-8+/t23-,24+/m0/s1. The maximum atomic E-state index is 12.6. The molecule has 4 rings (SSSR count). The summed E-state index contributed by atoms with van der Waals surface area (Å²) < 4.78 is 5.70. The number of allylic oxidation sites excluding steroid dienone is 4. The summed E-state index contributed by atoms with van der Waals surface area (Å²) in [4.78, 5) is 14.4. The summed E-state index contributed by atoms with van der Waals surface area (Å²) in [6, 6.07) is 7.53. The molecule has 2 aromatic rings. The Balaban J connectivity index is 1.38. The van der Waals surface area contributed by atoms with Gasteiger partial charge in [-0.15, -0.1) is 10.2 Å². The number of hydrogen-bond acceptors (Lipinski definition) is 7. The SMILES string of the molecule is C=C(/C=C\C=C1/CCC[C@H]1NC(=O)N1CCC[C@H](O)C1)c1nnc(-c2ccc(OC(C)C)c(C#N)c2)s1. The Labute approximate surface area is 222 Å². The number of nitriles is 1. The molecular formula is C28H33N5O3S. The topological polar surface area (TPSA) is 111 Å². The summed E-state index contributed by atoms with van der Waals surface area (Å²) in [5.74, 6) is 0.557. The highest BCUT2D eigenvalue weighted by molar-refractivity contribution is 7.15. The minimum atomic E-state index is -0.431. The van der Waals surface area contributed by atoms with Crippen molar-refractivity contribution in [1.29, 1.82) is 5.26 Å². The summed E-state index contributed by atoms with van der Waals surface area (Å²) in [5, 5.41) is 32.5. The lowest BCUT2D eigenvalue weighted by Gasteiger charge is -2.31. The lowest BCUT2D eigenvalue weighted by Crippen LogP contribution is -2.49. The molecule has 1 aliphatic carbocycles. The molecule has 37 heavy (non-hydrogen) atoms. The Morgan fingerprint density at radius 2 is 2.19 bits per heavy atom. The molecule has 194 valence electrons. The highest BCUT2D eigenvalue weighted by Crippen LogP contribution is 2.31. The van der Waals surface area contributed by atoms with E-state index in [1.807, 2.05) is 38.1 Å². The van der Waals surface area contributed by atoms with Crippen molar-refractivity contribution in [3.63, 3.8) is 0 Å². The average molecular weight is 520 g/mol. The maximum absolute atomic E-state index is 12.6. The lowest BCUT2D eigenvalue weighted by molar-refractivity contribution is 0.0837. The largest absolute Gasteiger partial charge is 0.490 e. The molecule has 0 bridgehead atoms. The molecule has 2 fully saturated rings. The minimum absolute atomic E-state index is 0.00888. The Bertz CT molecular complexity index is 1240. The van der Waals surface area contributed by atoms with Crippen LogP contribution in [0.15, 0.2) is 48.6 Å². The van der Waals surface area contributed by atoms with Crippen LogP contribution < -0.4 is 10.1 Å². The number of urea groups is 1. The van der Waals surface area contributed by atoms with Gasteiger partial charge in [-0.3, -0.25) is 0 Å². The monoisotopic (exact) mass is 519 g/mol. The number of aliphatic hydroxyl groups is 1. The summed E-state index contributed by atoms with van der Waals surface area (Å²) in [6.45, 7) is 9.06. The number of nitrogens with one attached hydrogen (secondary N) is 1. The molecule has 9 heteroatoms. The zero-order valence-electron chi connectivity index (χ0n) is 21.3. The van der Waals surface area contributed by atoms with E-state index in [0.29, 0.717) is 34.4 Å². The molecule has 0 spiro atoms. The number of carbonyl (C=O) groups is 1. The van der Waals surface area contributed by atoms with Gasteiger partial charge in [0.15, 0.2) is 0 Å². The molecule has 2 amide bonds. The van der Waals surface area contributed by atoms with Crippen molar-refractivity contribution < 1.29 is 14.6 Å². The van der Waals surface area contributed by atoms with Gasteiger partial charge in [0.2, 0.25) is 0 Å². The highest BCUT2D eigenvalue weighted by Gasteiger charge is 2.27. The van der Waals surface area contributed by atoms with Gasteiger partial charge in [-0.2, -0.15) is 5.26 Å². The number of aromatic nitrogens is 2. The lowest BCUT2D eigenvalue weighted by atomic mass is 10.1.